The summed E-state index contributed by atoms with van der Waals surface area (Å²) in [6.07, 6.45) is 4.85. The number of hydrogen-bond donors (Lipinski definition) is 1. The monoisotopic (exact) mass is 359 g/mol. The molecule has 0 saturated carbocycles. The molecule has 5 nitrogen and oxygen atoms in total. The summed E-state index contributed by atoms with van der Waals surface area (Å²) in [5.74, 6) is 0.0916. The number of rotatable bonds is 8. The van der Waals surface area contributed by atoms with Crippen molar-refractivity contribution in [2.45, 2.75) is 51.2 Å². The zero-order chi connectivity index (χ0) is 16.9. The van der Waals surface area contributed by atoms with E-state index >= 15 is 0 Å². The normalized spacial score (nSPS) is 21.5. The first-order chi connectivity index (χ1) is 11.0. The van der Waals surface area contributed by atoms with Gasteiger partial charge in [-0.25, -0.2) is 8.42 Å². The molecule has 3 atom stereocenters. The highest BCUT2D eigenvalue weighted by Gasteiger charge is 2.36. The van der Waals surface area contributed by atoms with Crippen LogP contribution in [0, 0.1) is 0 Å². The number of aliphatic hydroxyl groups is 1. The number of benzene rings is 1. The van der Waals surface area contributed by atoms with E-state index in [9.17, 15) is 13.5 Å². The van der Waals surface area contributed by atoms with Crippen LogP contribution in [0.15, 0.2) is 24.3 Å². The average Bonchev–Trinajstić information content (AvgIpc) is 2.86. The van der Waals surface area contributed by atoms with E-state index in [1.807, 2.05) is 12.1 Å². The third-order valence-corrected chi connectivity index (χ3v) is 6.49. The van der Waals surface area contributed by atoms with Gasteiger partial charge in [0, 0.05) is 9.47 Å². The van der Waals surface area contributed by atoms with E-state index in [2.05, 4.69) is 16.4 Å². The first-order valence-corrected chi connectivity index (χ1v) is 10.2. The quantitative estimate of drug-likeness (QED) is 0.572. The highest BCUT2D eigenvalue weighted by Crippen LogP contribution is 2.32. The Bertz CT molecular complexity index is 591. The predicted molar refractivity (Wildman–Crippen MR) is 95.9 cm³/mol. The predicted octanol–water partition coefficient (Wildman–Crippen LogP) is 3.02. The van der Waals surface area contributed by atoms with E-state index in [0.29, 0.717) is 12.1 Å². The summed E-state index contributed by atoms with van der Waals surface area (Å²) in [4.78, 5) is 0. The van der Waals surface area contributed by atoms with Crippen LogP contribution in [0.5, 0.6) is 0 Å². The first kappa shape index (κ1) is 18.7. The molecule has 1 saturated heterocycles. The fraction of sp³-hybridized carbons (Fsp3) is 0.625. The molecule has 1 aliphatic rings. The highest BCUT2D eigenvalue weighted by atomic mass is 32.2. The van der Waals surface area contributed by atoms with Crippen molar-refractivity contribution in [2.24, 2.45) is 0 Å². The van der Waals surface area contributed by atoms with Crippen molar-refractivity contribution in [3.05, 3.63) is 29.8 Å². The molecule has 3 unspecified atom stereocenters. The van der Waals surface area contributed by atoms with Crippen molar-refractivity contribution < 1.29 is 18.0 Å². The molecule has 1 heterocycles. The Morgan fingerprint density at radius 1 is 1.35 bits per heavy atom. The molecule has 1 aromatic rings. The third kappa shape index (κ3) is 4.44. The standard InChI is InChI=1S/C16H26NO4PS/c1-2-3-4-5-16(21-22)13-6-8-14(9-7-13)17-15(12-18)10-11-23(17,19)20/h6-9,15-16,18H,2-5,10-12,22H2,1H3. The van der Waals surface area contributed by atoms with Crippen LogP contribution >= 0.6 is 9.47 Å². The molecule has 1 aliphatic heterocycles. The number of hydrogen-bond acceptors (Lipinski definition) is 4. The van der Waals surface area contributed by atoms with Gasteiger partial charge in [-0.2, -0.15) is 0 Å². The second-order valence-electron chi connectivity index (χ2n) is 5.95. The lowest BCUT2D eigenvalue weighted by molar-refractivity contribution is 0.227. The summed E-state index contributed by atoms with van der Waals surface area (Å²) >= 11 is 0. The number of nitrogens with zero attached hydrogens (tertiary/aromatic N) is 1. The Morgan fingerprint density at radius 3 is 2.61 bits per heavy atom. The maximum absolute atomic E-state index is 12.2. The molecular weight excluding hydrogens is 333 g/mol. The molecule has 0 aromatic heterocycles. The Hall–Kier alpha value is -0.680. The number of unbranched alkanes of at least 4 members (excludes halogenated alkanes) is 2. The Kier molecular flexibility index (Phi) is 6.84. The molecule has 1 N–H and O–H groups in total. The Morgan fingerprint density at radius 2 is 2.04 bits per heavy atom. The minimum atomic E-state index is -3.32. The van der Waals surface area contributed by atoms with Crippen molar-refractivity contribution in [2.75, 3.05) is 16.7 Å². The first-order valence-electron chi connectivity index (χ1n) is 8.12. The second-order valence-corrected chi connectivity index (χ2v) is 8.19. The van der Waals surface area contributed by atoms with Gasteiger partial charge in [-0.3, -0.25) is 4.31 Å². The summed E-state index contributed by atoms with van der Waals surface area (Å²) in [6, 6.07) is 7.08. The van der Waals surface area contributed by atoms with Gasteiger partial charge in [0.25, 0.3) is 0 Å². The van der Waals surface area contributed by atoms with Crippen LogP contribution in [-0.2, 0) is 14.5 Å². The van der Waals surface area contributed by atoms with E-state index in [0.717, 1.165) is 24.8 Å². The molecule has 0 aliphatic carbocycles. The van der Waals surface area contributed by atoms with E-state index < -0.39 is 10.0 Å². The lowest BCUT2D eigenvalue weighted by atomic mass is 10.0. The van der Waals surface area contributed by atoms with Crippen molar-refractivity contribution in [3.8, 4) is 0 Å². The minimum Gasteiger partial charge on any atom is -0.394 e. The second kappa shape index (κ2) is 8.43. The van der Waals surface area contributed by atoms with Gasteiger partial charge in [0.15, 0.2) is 0 Å². The van der Waals surface area contributed by atoms with Gasteiger partial charge in [0.05, 0.1) is 30.2 Å². The van der Waals surface area contributed by atoms with Gasteiger partial charge >= 0.3 is 0 Å². The van der Waals surface area contributed by atoms with E-state index in [1.165, 1.54) is 10.7 Å². The molecule has 23 heavy (non-hydrogen) atoms. The molecule has 0 amide bonds. The maximum atomic E-state index is 12.2. The maximum Gasteiger partial charge on any atom is 0.235 e. The van der Waals surface area contributed by atoms with Gasteiger partial charge in [-0.1, -0.05) is 38.3 Å². The zero-order valence-electron chi connectivity index (χ0n) is 13.5. The highest BCUT2D eigenvalue weighted by molar-refractivity contribution is 7.93. The van der Waals surface area contributed by atoms with Gasteiger partial charge in [-0.05, 0) is 30.5 Å². The van der Waals surface area contributed by atoms with E-state index in [4.69, 9.17) is 4.52 Å². The van der Waals surface area contributed by atoms with Gasteiger partial charge < -0.3 is 9.63 Å². The summed E-state index contributed by atoms with van der Waals surface area (Å²) in [7, 11) is -0.999. The topological polar surface area (TPSA) is 66.8 Å². The van der Waals surface area contributed by atoms with Crippen LogP contribution in [0.1, 0.15) is 50.7 Å². The van der Waals surface area contributed by atoms with Gasteiger partial charge in [0.1, 0.15) is 0 Å². The van der Waals surface area contributed by atoms with E-state index in [-0.39, 0.29) is 24.5 Å². The largest absolute Gasteiger partial charge is 0.394 e. The van der Waals surface area contributed by atoms with Crippen molar-refractivity contribution in [1.82, 2.24) is 0 Å². The van der Waals surface area contributed by atoms with Crippen LogP contribution in [-0.4, -0.2) is 31.9 Å². The Labute approximate surface area is 141 Å². The van der Waals surface area contributed by atoms with Crippen molar-refractivity contribution in [1.29, 1.82) is 0 Å². The SMILES string of the molecule is CCCCCC(OP)c1ccc(N2C(CO)CCS2(=O)=O)cc1. The molecule has 1 aromatic carbocycles. The lowest BCUT2D eigenvalue weighted by Gasteiger charge is -2.24. The zero-order valence-corrected chi connectivity index (χ0v) is 15.5. The molecule has 2 rings (SSSR count). The summed E-state index contributed by atoms with van der Waals surface area (Å²) < 4.78 is 31.2. The molecule has 1 fully saturated rings. The van der Waals surface area contributed by atoms with Crippen LogP contribution < -0.4 is 4.31 Å². The smallest absolute Gasteiger partial charge is 0.235 e. The van der Waals surface area contributed by atoms with Crippen LogP contribution in [0.3, 0.4) is 0 Å². The van der Waals surface area contributed by atoms with Crippen LogP contribution in [0.2, 0.25) is 0 Å². The van der Waals surface area contributed by atoms with Crippen LogP contribution in [0.4, 0.5) is 5.69 Å². The third-order valence-electron chi connectivity index (χ3n) is 4.30. The van der Waals surface area contributed by atoms with E-state index in [1.54, 1.807) is 12.1 Å². The molecule has 0 radical (unpaired) electrons. The fourth-order valence-corrected chi connectivity index (χ4v) is 5.12. The molecule has 0 bridgehead atoms. The number of sulfonamides is 1. The number of anilines is 1. The number of aliphatic hydroxyl groups excluding tert-OH is 1. The summed E-state index contributed by atoms with van der Waals surface area (Å²) in [6.45, 7) is 2.01. The van der Waals surface area contributed by atoms with Crippen molar-refractivity contribution >= 4 is 25.2 Å². The van der Waals surface area contributed by atoms with Crippen LogP contribution in [0.25, 0.3) is 0 Å². The summed E-state index contributed by atoms with van der Waals surface area (Å²) in [5, 5.41) is 9.40. The molecular formula is C16H26NO4PS. The summed E-state index contributed by atoms with van der Waals surface area (Å²) in [5.41, 5.74) is 1.65. The Balaban J connectivity index is 2.15. The average molecular weight is 359 g/mol. The lowest BCUT2D eigenvalue weighted by Crippen LogP contribution is -2.35. The molecule has 130 valence electrons. The molecule has 0 spiro atoms. The fourth-order valence-electron chi connectivity index (χ4n) is 2.99. The minimum absolute atomic E-state index is 0.00410. The van der Waals surface area contributed by atoms with Gasteiger partial charge in [-0.15, -0.1) is 0 Å². The van der Waals surface area contributed by atoms with Crippen molar-refractivity contribution in [3.63, 3.8) is 0 Å². The van der Waals surface area contributed by atoms with Gasteiger partial charge in [0.2, 0.25) is 10.0 Å². The molecule has 7 heteroatoms.